The molecule has 1 aliphatic rings. The summed E-state index contributed by atoms with van der Waals surface area (Å²) in [5.74, 6) is 5.52. The van der Waals surface area contributed by atoms with Crippen LogP contribution >= 0.6 is 0 Å². The molecule has 1 atom stereocenters. The lowest BCUT2D eigenvalue weighted by Gasteiger charge is -2.46. The minimum Gasteiger partial charge on any atom is -0.377 e. The Kier molecular flexibility index (Phi) is 3.47. The number of rotatable bonds is 5. The average Bonchev–Trinajstić information content (AvgIpc) is 2.01. The highest BCUT2D eigenvalue weighted by atomic mass is 16.5. The van der Waals surface area contributed by atoms with Crippen molar-refractivity contribution in [2.24, 2.45) is 5.84 Å². The number of methoxy groups -OCH3 is 1. The zero-order valence-corrected chi connectivity index (χ0v) is 8.60. The predicted octanol–water partition coefficient (Wildman–Crippen LogP) is 1.35. The van der Waals surface area contributed by atoms with Crippen LogP contribution in [0.25, 0.3) is 0 Å². The van der Waals surface area contributed by atoms with Gasteiger partial charge >= 0.3 is 0 Å². The molecule has 0 radical (unpaired) electrons. The number of ether oxygens (including phenoxy) is 1. The van der Waals surface area contributed by atoms with Crippen LogP contribution < -0.4 is 11.3 Å². The fourth-order valence-electron chi connectivity index (χ4n) is 1.97. The topological polar surface area (TPSA) is 47.3 Å². The van der Waals surface area contributed by atoms with Crippen LogP contribution in [0, 0.1) is 0 Å². The number of nitrogens with two attached hydrogens (primary N) is 1. The van der Waals surface area contributed by atoms with E-state index in [2.05, 4.69) is 12.0 Å². The summed E-state index contributed by atoms with van der Waals surface area (Å²) in [4.78, 5) is 0. The number of hydrazine groups is 1. The third-order valence-electron chi connectivity index (χ3n) is 3.00. The Balaban J connectivity index is 2.57. The normalized spacial score (nSPS) is 22.1. The molecule has 0 saturated heterocycles. The van der Waals surface area contributed by atoms with E-state index < -0.39 is 0 Å². The molecule has 0 bridgehead atoms. The van der Waals surface area contributed by atoms with Gasteiger partial charge in [-0.15, -0.1) is 6.58 Å². The van der Waals surface area contributed by atoms with Crippen LogP contribution in [-0.2, 0) is 4.74 Å². The minimum absolute atomic E-state index is 0.0340. The van der Waals surface area contributed by atoms with Gasteiger partial charge in [-0.25, -0.2) is 0 Å². The first kappa shape index (κ1) is 10.7. The molecule has 1 fully saturated rings. The fraction of sp³-hybridized carbons (Fsp3) is 0.800. The van der Waals surface area contributed by atoms with Crippen LogP contribution in [0.4, 0.5) is 0 Å². The van der Waals surface area contributed by atoms with Crippen LogP contribution in [0.1, 0.15) is 32.6 Å². The zero-order chi connectivity index (χ0) is 9.90. The molecule has 0 aromatic heterocycles. The molecule has 0 amide bonds. The summed E-state index contributed by atoms with van der Waals surface area (Å²) in [7, 11) is 1.77. The van der Waals surface area contributed by atoms with Gasteiger partial charge in [0.15, 0.2) is 0 Å². The monoisotopic (exact) mass is 184 g/mol. The zero-order valence-electron chi connectivity index (χ0n) is 8.60. The molecule has 3 N–H and O–H groups in total. The van der Waals surface area contributed by atoms with Crippen molar-refractivity contribution >= 4 is 0 Å². The van der Waals surface area contributed by atoms with Crippen LogP contribution in [0.5, 0.6) is 0 Å². The smallest absolute Gasteiger partial charge is 0.0847 e. The predicted molar refractivity (Wildman–Crippen MR) is 54.1 cm³/mol. The standard InChI is InChI=1S/C10H20N2O/c1-8(2)7-9(12-11)10(13-3)5-4-6-10/h9,12H,1,4-7,11H2,2-3H3. The summed E-state index contributed by atoms with van der Waals surface area (Å²) in [6, 6.07) is 0.212. The van der Waals surface area contributed by atoms with E-state index in [1.807, 2.05) is 6.92 Å². The third-order valence-corrected chi connectivity index (χ3v) is 3.00. The highest BCUT2D eigenvalue weighted by Crippen LogP contribution is 2.39. The van der Waals surface area contributed by atoms with Gasteiger partial charge in [0.2, 0.25) is 0 Å². The summed E-state index contributed by atoms with van der Waals surface area (Å²) >= 11 is 0. The van der Waals surface area contributed by atoms with E-state index in [1.165, 1.54) is 6.42 Å². The summed E-state index contributed by atoms with van der Waals surface area (Å²) in [5, 5.41) is 0. The van der Waals surface area contributed by atoms with Gasteiger partial charge in [-0.05, 0) is 32.6 Å². The van der Waals surface area contributed by atoms with Crippen LogP contribution in [0.3, 0.4) is 0 Å². The van der Waals surface area contributed by atoms with Gasteiger partial charge in [-0.3, -0.25) is 11.3 Å². The molecule has 76 valence electrons. The highest BCUT2D eigenvalue weighted by Gasteiger charge is 2.43. The number of nitrogens with one attached hydrogen (secondary N) is 1. The molecule has 1 saturated carbocycles. The van der Waals surface area contributed by atoms with Gasteiger partial charge in [-0.2, -0.15) is 0 Å². The lowest BCUT2D eigenvalue weighted by Crippen LogP contribution is -2.58. The number of hydrogen-bond donors (Lipinski definition) is 2. The molecule has 1 rings (SSSR count). The van der Waals surface area contributed by atoms with Gasteiger partial charge < -0.3 is 4.74 Å². The SMILES string of the molecule is C=C(C)CC(NN)C1(OC)CCC1. The van der Waals surface area contributed by atoms with Crippen molar-refractivity contribution < 1.29 is 4.74 Å². The van der Waals surface area contributed by atoms with Crippen molar-refractivity contribution in [1.29, 1.82) is 0 Å². The van der Waals surface area contributed by atoms with E-state index in [1.54, 1.807) is 7.11 Å². The van der Waals surface area contributed by atoms with E-state index in [-0.39, 0.29) is 11.6 Å². The van der Waals surface area contributed by atoms with Crippen molar-refractivity contribution in [3.05, 3.63) is 12.2 Å². The molecule has 0 spiro atoms. The minimum atomic E-state index is -0.0340. The lowest BCUT2D eigenvalue weighted by atomic mass is 9.73. The van der Waals surface area contributed by atoms with Gasteiger partial charge in [0.25, 0.3) is 0 Å². The van der Waals surface area contributed by atoms with Crippen molar-refractivity contribution in [3.8, 4) is 0 Å². The summed E-state index contributed by atoms with van der Waals surface area (Å²) in [6.45, 7) is 5.92. The quantitative estimate of drug-likeness (QED) is 0.385. The van der Waals surface area contributed by atoms with Gasteiger partial charge in [0, 0.05) is 7.11 Å². The van der Waals surface area contributed by atoms with E-state index in [4.69, 9.17) is 10.6 Å². The van der Waals surface area contributed by atoms with Crippen molar-refractivity contribution in [3.63, 3.8) is 0 Å². The second kappa shape index (κ2) is 4.22. The largest absolute Gasteiger partial charge is 0.377 e. The van der Waals surface area contributed by atoms with E-state index in [0.717, 1.165) is 24.8 Å². The average molecular weight is 184 g/mol. The first-order chi connectivity index (χ1) is 6.14. The first-order valence-electron chi connectivity index (χ1n) is 4.80. The Hall–Kier alpha value is -0.380. The maximum Gasteiger partial charge on any atom is 0.0847 e. The van der Waals surface area contributed by atoms with Gasteiger partial charge in [0.05, 0.1) is 11.6 Å². The van der Waals surface area contributed by atoms with Crippen LogP contribution in [0.15, 0.2) is 12.2 Å². The Bertz CT molecular complexity index is 182. The van der Waals surface area contributed by atoms with Crippen molar-refractivity contribution in [2.45, 2.75) is 44.2 Å². The van der Waals surface area contributed by atoms with Crippen LogP contribution in [-0.4, -0.2) is 18.8 Å². The Morgan fingerprint density at radius 1 is 1.69 bits per heavy atom. The molecule has 3 nitrogen and oxygen atoms in total. The molecule has 0 aromatic rings. The molecule has 0 aromatic carbocycles. The Labute approximate surface area is 80.3 Å². The second-order valence-electron chi connectivity index (χ2n) is 4.00. The summed E-state index contributed by atoms with van der Waals surface area (Å²) in [5.41, 5.74) is 3.95. The molecule has 3 heteroatoms. The van der Waals surface area contributed by atoms with Crippen molar-refractivity contribution in [1.82, 2.24) is 5.43 Å². The van der Waals surface area contributed by atoms with Gasteiger partial charge in [-0.1, -0.05) is 5.57 Å². The highest BCUT2D eigenvalue weighted by molar-refractivity contribution is 5.05. The van der Waals surface area contributed by atoms with E-state index in [9.17, 15) is 0 Å². The summed E-state index contributed by atoms with van der Waals surface area (Å²) in [6.07, 6.45) is 4.34. The van der Waals surface area contributed by atoms with E-state index >= 15 is 0 Å². The molecule has 1 unspecified atom stereocenters. The Morgan fingerprint density at radius 2 is 2.31 bits per heavy atom. The first-order valence-corrected chi connectivity index (χ1v) is 4.80. The lowest BCUT2D eigenvalue weighted by molar-refractivity contribution is -0.0981. The third kappa shape index (κ3) is 2.10. The number of hydrogen-bond acceptors (Lipinski definition) is 3. The maximum absolute atomic E-state index is 5.54. The summed E-state index contributed by atoms with van der Waals surface area (Å²) < 4.78 is 5.54. The molecular weight excluding hydrogens is 164 g/mol. The molecule has 13 heavy (non-hydrogen) atoms. The molecular formula is C10H20N2O. The molecule has 0 heterocycles. The van der Waals surface area contributed by atoms with E-state index in [0.29, 0.717) is 0 Å². The Morgan fingerprint density at radius 3 is 2.54 bits per heavy atom. The molecule has 1 aliphatic carbocycles. The van der Waals surface area contributed by atoms with Crippen LogP contribution in [0.2, 0.25) is 0 Å². The molecule has 0 aliphatic heterocycles. The maximum atomic E-state index is 5.54. The van der Waals surface area contributed by atoms with Gasteiger partial charge in [0.1, 0.15) is 0 Å². The fourth-order valence-corrected chi connectivity index (χ4v) is 1.97. The second-order valence-corrected chi connectivity index (χ2v) is 4.00. The van der Waals surface area contributed by atoms with Crippen molar-refractivity contribution in [2.75, 3.05) is 7.11 Å².